The van der Waals surface area contributed by atoms with Crippen molar-refractivity contribution in [2.45, 2.75) is 69.6 Å². The number of carbonyl (C=O) groups is 2. The van der Waals surface area contributed by atoms with Crippen molar-refractivity contribution in [3.05, 3.63) is 23.4 Å². The van der Waals surface area contributed by atoms with Gasteiger partial charge in [-0.1, -0.05) is 6.07 Å². The number of hydrogen-bond acceptors (Lipinski definition) is 8. The number of nitrogens with zero attached hydrogens (tertiary/aromatic N) is 2. The maximum Gasteiger partial charge on any atom is 0.408 e. The lowest BCUT2D eigenvalue weighted by atomic mass is 9.79. The zero-order chi connectivity index (χ0) is 25.9. The Morgan fingerprint density at radius 3 is 2.78 bits per heavy atom. The van der Waals surface area contributed by atoms with Gasteiger partial charge in [0.1, 0.15) is 17.5 Å². The zero-order valence-corrected chi connectivity index (χ0v) is 21.7. The van der Waals surface area contributed by atoms with E-state index in [1.54, 1.807) is 6.92 Å². The second-order valence-corrected chi connectivity index (χ2v) is 12.4. The lowest BCUT2D eigenvalue weighted by Crippen LogP contribution is -2.64. The number of fused-ring (bicyclic) bond motifs is 1. The molecule has 1 atom stereocenters. The fraction of sp³-hybridized carbons (Fsp3) is 0.708. The first-order chi connectivity index (χ1) is 17.0. The summed E-state index contributed by atoms with van der Waals surface area (Å²) in [7, 11) is -3.35. The van der Waals surface area contributed by atoms with Gasteiger partial charge in [-0.25, -0.2) is 23.0 Å². The number of ether oxygens (including phenoxy) is 2. The molecule has 3 N–H and O–H groups in total. The SMILES string of the molecule is CC1(OC(=O)NC(CCO[C@H]2C[C@H](CCc3ccc4c(n3)NCCC4)C2)C(=O)O)CN(S(C)(=O)=O)C1. The van der Waals surface area contributed by atoms with Crippen molar-refractivity contribution < 1.29 is 32.6 Å². The molecule has 1 unspecified atom stereocenters. The highest BCUT2D eigenvalue weighted by atomic mass is 32.2. The number of amides is 1. The summed E-state index contributed by atoms with van der Waals surface area (Å²) >= 11 is 0. The van der Waals surface area contributed by atoms with Crippen molar-refractivity contribution in [2.24, 2.45) is 5.92 Å². The largest absolute Gasteiger partial charge is 0.480 e. The van der Waals surface area contributed by atoms with E-state index in [0.29, 0.717) is 5.92 Å². The van der Waals surface area contributed by atoms with Crippen molar-refractivity contribution >= 4 is 27.9 Å². The number of carbonyl (C=O) groups excluding carboxylic acids is 1. The van der Waals surface area contributed by atoms with Crippen LogP contribution in [0.15, 0.2) is 12.1 Å². The smallest absolute Gasteiger partial charge is 0.408 e. The maximum atomic E-state index is 12.2. The molecular formula is C24H36N4O7S. The van der Waals surface area contributed by atoms with Crippen molar-refractivity contribution in [2.75, 3.05) is 37.8 Å². The van der Waals surface area contributed by atoms with Crippen LogP contribution in [0.5, 0.6) is 0 Å². The minimum Gasteiger partial charge on any atom is -0.480 e. The Balaban J connectivity index is 1.11. The van der Waals surface area contributed by atoms with E-state index in [4.69, 9.17) is 14.5 Å². The van der Waals surface area contributed by atoms with Crippen LogP contribution in [0.4, 0.5) is 10.6 Å². The number of nitrogens with one attached hydrogen (secondary N) is 2. The van der Waals surface area contributed by atoms with Crippen molar-refractivity contribution in [3.8, 4) is 0 Å². The molecule has 12 heteroatoms. The number of carboxylic acids is 1. The average molecular weight is 525 g/mol. The molecule has 1 aromatic rings. The van der Waals surface area contributed by atoms with E-state index in [2.05, 4.69) is 22.8 Å². The third-order valence-electron chi connectivity index (χ3n) is 7.13. The molecule has 0 bridgehead atoms. The van der Waals surface area contributed by atoms with E-state index < -0.39 is 33.7 Å². The molecule has 1 amide bonds. The summed E-state index contributed by atoms with van der Waals surface area (Å²) in [6, 6.07) is 3.15. The van der Waals surface area contributed by atoms with Crippen LogP contribution in [0.2, 0.25) is 0 Å². The van der Waals surface area contributed by atoms with Crippen LogP contribution in [0.1, 0.15) is 50.3 Å². The van der Waals surface area contributed by atoms with Crippen molar-refractivity contribution in [3.63, 3.8) is 0 Å². The van der Waals surface area contributed by atoms with E-state index in [1.165, 1.54) is 9.87 Å². The number of sulfonamides is 1. The van der Waals surface area contributed by atoms with Gasteiger partial charge in [0, 0.05) is 25.3 Å². The number of pyridine rings is 1. The number of alkyl carbamates (subject to hydrolysis) is 1. The van der Waals surface area contributed by atoms with Gasteiger partial charge in [0.05, 0.1) is 25.4 Å². The van der Waals surface area contributed by atoms with Crippen LogP contribution >= 0.6 is 0 Å². The summed E-state index contributed by atoms with van der Waals surface area (Å²) in [5.41, 5.74) is 1.42. The first-order valence-corrected chi connectivity index (χ1v) is 14.4. The Labute approximate surface area is 212 Å². The minimum atomic E-state index is -3.35. The van der Waals surface area contributed by atoms with Gasteiger partial charge >= 0.3 is 12.1 Å². The van der Waals surface area contributed by atoms with E-state index in [-0.39, 0.29) is 32.2 Å². The second-order valence-electron chi connectivity index (χ2n) is 10.4. The standard InChI is InChI=1S/C24H36N4O7S/c1-24(14-28(15-24)36(2,32)33)35-23(31)27-20(22(29)30)9-11-34-19-12-16(13-19)5-7-18-8-6-17-4-3-10-25-21(17)26-18/h6,8,16,19-20H,3-5,7,9-15H2,1-2H3,(H,25,26)(H,27,31)(H,29,30)/t16-,19-,20?. The van der Waals surface area contributed by atoms with E-state index in [1.807, 2.05) is 0 Å². The molecule has 0 aromatic carbocycles. The molecular weight excluding hydrogens is 488 g/mol. The normalized spacial score (nSPS) is 23.8. The molecule has 0 spiro atoms. The van der Waals surface area contributed by atoms with Gasteiger partial charge in [-0.3, -0.25) is 0 Å². The summed E-state index contributed by atoms with van der Waals surface area (Å²) in [5.74, 6) is 0.418. The van der Waals surface area contributed by atoms with Crippen molar-refractivity contribution in [1.29, 1.82) is 0 Å². The van der Waals surface area contributed by atoms with E-state index >= 15 is 0 Å². The molecule has 2 fully saturated rings. The Kier molecular flexibility index (Phi) is 8.06. The third kappa shape index (κ3) is 6.86. The summed E-state index contributed by atoms with van der Waals surface area (Å²) < 4.78 is 35.3. The van der Waals surface area contributed by atoms with Crippen molar-refractivity contribution in [1.82, 2.24) is 14.6 Å². The summed E-state index contributed by atoms with van der Waals surface area (Å²) in [4.78, 5) is 28.5. The monoisotopic (exact) mass is 524 g/mol. The first-order valence-electron chi connectivity index (χ1n) is 12.5. The van der Waals surface area contributed by atoms with Gasteiger partial charge in [0.2, 0.25) is 10.0 Å². The number of rotatable bonds is 11. The number of aromatic nitrogens is 1. The van der Waals surface area contributed by atoms with Gasteiger partial charge in [0.15, 0.2) is 0 Å². The molecule has 36 heavy (non-hydrogen) atoms. The van der Waals surface area contributed by atoms with Gasteiger partial charge in [0.25, 0.3) is 0 Å². The average Bonchev–Trinajstić information content (AvgIpc) is 2.76. The first kappa shape index (κ1) is 26.6. The molecule has 1 aromatic heterocycles. The van der Waals surface area contributed by atoms with Crippen LogP contribution < -0.4 is 10.6 Å². The van der Waals surface area contributed by atoms with Crippen LogP contribution in [0.3, 0.4) is 0 Å². The van der Waals surface area contributed by atoms with Gasteiger partial charge in [-0.15, -0.1) is 0 Å². The highest BCUT2D eigenvalue weighted by Crippen LogP contribution is 2.34. The van der Waals surface area contributed by atoms with Crippen LogP contribution in [0.25, 0.3) is 0 Å². The molecule has 2 aliphatic heterocycles. The van der Waals surface area contributed by atoms with E-state index in [9.17, 15) is 23.1 Å². The zero-order valence-electron chi connectivity index (χ0n) is 20.9. The fourth-order valence-electron chi connectivity index (χ4n) is 4.91. The molecule has 4 rings (SSSR count). The quantitative estimate of drug-likeness (QED) is 0.394. The number of aliphatic carboxylic acids is 1. The second kappa shape index (κ2) is 10.9. The lowest BCUT2D eigenvalue weighted by molar-refractivity contribution is -0.140. The Bertz CT molecular complexity index is 1070. The van der Waals surface area contributed by atoms with Crippen LogP contribution in [-0.2, 0) is 37.1 Å². The minimum absolute atomic E-state index is 0.0440. The number of aryl methyl sites for hydroxylation is 2. The summed E-state index contributed by atoms with van der Waals surface area (Å²) in [6.07, 6.45) is 6.50. The molecule has 3 aliphatic rings. The number of anilines is 1. The summed E-state index contributed by atoms with van der Waals surface area (Å²) in [5, 5.41) is 15.2. The van der Waals surface area contributed by atoms with Gasteiger partial charge in [-0.05, 0) is 63.0 Å². The highest BCUT2D eigenvalue weighted by molar-refractivity contribution is 7.88. The Morgan fingerprint density at radius 1 is 1.33 bits per heavy atom. The topological polar surface area (TPSA) is 147 Å². The van der Waals surface area contributed by atoms with E-state index in [0.717, 1.165) is 62.8 Å². The summed E-state index contributed by atoms with van der Waals surface area (Å²) in [6.45, 7) is 2.89. The molecule has 0 radical (unpaired) electrons. The highest BCUT2D eigenvalue weighted by Gasteiger charge is 2.46. The molecule has 1 saturated carbocycles. The number of carboxylic acid groups (broad SMARTS) is 1. The van der Waals surface area contributed by atoms with Gasteiger partial charge < -0.3 is 25.2 Å². The van der Waals surface area contributed by atoms with Crippen LogP contribution in [0, 0.1) is 5.92 Å². The third-order valence-corrected chi connectivity index (χ3v) is 8.33. The molecule has 11 nitrogen and oxygen atoms in total. The maximum absolute atomic E-state index is 12.2. The lowest BCUT2D eigenvalue weighted by Gasteiger charge is -2.45. The van der Waals surface area contributed by atoms with Crippen LogP contribution in [-0.4, -0.2) is 85.1 Å². The predicted octanol–water partition coefficient (Wildman–Crippen LogP) is 1.77. The molecule has 1 aliphatic carbocycles. The molecule has 3 heterocycles. The predicted molar refractivity (Wildman–Crippen MR) is 132 cm³/mol. The fourth-order valence-corrected chi connectivity index (χ4v) is 5.93. The molecule has 200 valence electrons. The number of hydrogen-bond donors (Lipinski definition) is 3. The molecule has 1 saturated heterocycles. The van der Waals surface area contributed by atoms with Gasteiger partial charge in [-0.2, -0.15) is 4.31 Å². The Morgan fingerprint density at radius 2 is 2.08 bits per heavy atom. The Hall–Kier alpha value is -2.44.